The zero-order chi connectivity index (χ0) is 19.2. The lowest BCUT2D eigenvalue weighted by Crippen LogP contribution is -2.08. The van der Waals surface area contributed by atoms with Crippen LogP contribution in [0.1, 0.15) is 12.8 Å². The molecule has 6 heteroatoms. The Morgan fingerprint density at radius 1 is 1.00 bits per heavy atom. The first kappa shape index (κ1) is 18.8. The number of nitrogens with zero attached hydrogens (tertiary/aromatic N) is 1. The summed E-state index contributed by atoms with van der Waals surface area (Å²) in [6.07, 6.45) is 1.96. The van der Waals surface area contributed by atoms with E-state index in [4.69, 9.17) is 4.74 Å². The van der Waals surface area contributed by atoms with Crippen molar-refractivity contribution in [2.75, 3.05) is 12.4 Å². The molecular formula is C22H20N2O2S2. The monoisotopic (exact) mass is 408 g/mol. The Kier molecular flexibility index (Phi) is 6.09. The first-order valence-electron chi connectivity index (χ1n) is 9.19. The fraction of sp³-hybridized carbons (Fsp3) is 0.182. The minimum atomic E-state index is -0.0694. The number of H-pyrrole nitrogens is 1. The van der Waals surface area contributed by atoms with E-state index in [1.807, 2.05) is 66.0 Å². The first-order chi connectivity index (χ1) is 13.8. The first-order valence-corrected chi connectivity index (χ1v) is 11.1. The normalized spacial score (nSPS) is 11.0. The lowest BCUT2D eigenvalue weighted by molar-refractivity contribution is 0.310. The van der Waals surface area contributed by atoms with Gasteiger partial charge < -0.3 is 9.72 Å². The number of hydrogen-bond acceptors (Lipinski definition) is 5. The number of aromatic nitrogens is 2. The van der Waals surface area contributed by atoms with E-state index in [2.05, 4.69) is 9.97 Å². The van der Waals surface area contributed by atoms with Crippen LogP contribution in [0.15, 0.2) is 76.0 Å². The van der Waals surface area contributed by atoms with E-state index < -0.39 is 0 Å². The van der Waals surface area contributed by atoms with Gasteiger partial charge in [0.05, 0.1) is 12.0 Å². The number of benzene rings is 2. The molecule has 142 valence electrons. The third kappa shape index (κ3) is 4.46. The lowest BCUT2D eigenvalue weighted by atomic mass is 10.1. The van der Waals surface area contributed by atoms with Gasteiger partial charge in [0.25, 0.3) is 5.56 Å². The molecule has 2 aromatic heterocycles. The molecule has 0 saturated heterocycles. The van der Waals surface area contributed by atoms with Crippen molar-refractivity contribution in [2.24, 2.45) is 0 Å². The molecule has 0 amide bonds. The molecule has 4 aromatic rings. The van der Waals surface area contributed by atoms with E-state index in [1.165, 1.54) is 11.3 Å². The molecule has 0 bridgehead atoms. The average Bonchev–Trinajstić information content (AvgIpc) is 3.17. The molecule has 0 aliphatic carbocycles. The van der Waals surface area contributed by atoms with E-state index in [1.54, 1.807) is 11.8 Å². The van der Waals surface area contributed by atoms with E-state index >= 15 is 0 Å². The zero-order valence-electron chi connectivity index (χ0n) is 15.3. The van der Waals surface area contributed by atoms with Crippen LogP contribution in [0.2, 0.25) is 0 Å². The van der Waals surface area contributed by atoms with Crippen LogP contribution in [0.25, 0.3) is 21.3 Å². The second-order valence-corrected chi connectivity index (χ2v) is 8.23. The molecule has 2 aromatic carbocycles. The highest BCUT2D eigenvalue weighted by Gasteiger charge is 2.12. The summed E-state index contributed by atoms with van der Waals surface area (Å²) in [4.78, 5) is 21.0. The van der Waals surface area contributed by atoms with Crippen LogP contribution in [0.3, 0.4) is 0 Å². The average molecular weight is 409 g/mol. The third-order valence-corrected chi connectivity index (χ3v) is 6.13. The van der Waals surface area contributed by atoms with Crippen LogP contribution in [0.4, 0.5) is 0 Å². The Balaban J connectivity index is 1.34. The minimum absolute atomic E-state index is 0.0694. The molecule has 4 rings (SSSR count). The largest absolute Gasteiger partial charge is 0.494 e. The molecule has 0 radical (unpaired) electrons. The predicted molar refractivity (Wildman–Crippen MR) is 118 cm³/mol. The number of para-hydroxylation sites is 1. The van der Waals surface area contributed by atoms with Gasteiger partial charge in [-0.2, -0.15) is 0 Å². The Bertz CT molecular complexity index is 1090. The van der Waals surface area contributed by atoms with Gasteiger partial charge in [-0.3, -0.25) is 4.79 Å². The Morgan fingerprint density at radius 3 is 2.54 bits per heavy atom. The van der Waals surface area contributed by atoms with Gasteiger partial charge in [0, 0.05) is 16.7 Å². The molecule has 0 spiro atoms. The van der Waals surface area contributed by atoms with E-state index in [0.29, 0.717) is 17.1 Å². The molecule has 2 heterocycles. The molecule has 1 N–H and O–H groups in total. The van der Waals surface area contributed by atoms with Gasteiger partial charge in [-0.1, -0.05) is 60.3 Å². The van der Waals surface area contributed by atoms with Gasteiger partial charge in [-0.15, -0.1) is 11.3 Å². The van der Waals surface area contributed by atoms with Crippen LogP contribution >= 0.6 is 23.1 Å². The van der Waals surface area contributed by atoms with Gasteiger partial charge >= 0.3 is 0 Å². The number of thioether (sulfide) groups is 1. The second-order valence-electron chi connectivity index (χ2n) is 6.28. The Hall–Kier alpha value is -2.57. The van der Waals surface area contributed by atoms with Gasteiger partial charge in [-0.25, -0.2) is 4.98 Å². The van der Waals surface area contributed by atoms with Crippen LogP contribution < -0.4 is 10.3 Å². The zero-order valence-corrected chi connectivity index (χ0v) is 16.9. The number of nitrogens with one attached hydrogen (secondary N) is 1. The van der Waals surface area contributed by atoms with E-state index in [-0.39, 0.29) is 5.56 Å². The summed E-state index contributed by atoms with van der Waals surface area (Å²) in [6, 6.07) is 19.8. The standard InChI is InChI=1S/C22H20N2O2S2/c25-20-19-18(16-9-3-1-4-10-16)15-28-21(19)24-22(23-20)27-14-8-7-13-26-17-11-5-2-6-12-17/h1-6,9-12,15H,7-8,13-14H2,(H,23,24,25). The van der Waals surface area contributed by atoms with Gasteiger partial charge in [0.1, 0.15) is 10.6 Å². The molecule has 0 saturated carbocycles. The molecular weight excluding hydrogens is 388 g/mol. The fourth-order valence-electron chi connectivity index (χ4n) is 2.91. The molecule has 4 nitrogen and oxygen atoms in total. The topological polar surface area (TPSA) is 55.0 Å². The summed E-state index contributed by atoms with van der Waals surface area (Å²) in [5, 5.41) is 3.37. The molecule has 0 aliphatic rings. The summed E-state index contributed by atoms with van der Waals surface area (Å²) < 4.78 is 5.70. The van der Waals surface area contributed by atoms with Gasteiger partial charge in [0.2, 0.25) is 0 Å². The SMILES string of the molecule is O=c1[nH]c(SCCCCOc2ccccc2)nc2scc(-c3ccccc3)c12. The van der Waals surface area contributed by atoms with Crippen molar-refractivity contribution in [3.63, 3.8) is 0 Å². The summed E-state index contributed by atoms with van der Waals surface area (Å²) in [5.74, 6) is 1.79. The third-order valence-electron chi connectivity index (χ3n) is 4.30. The van der Waals surface area contributed by atoms with Crippen molar-refractivity contribution in [1.82, 2.24) is 9.97 Å². The highest BCUT2D eigenvalue weighted by molar-refractivity contribution is 7.99. The van der Waals surface area contributed by atoms with Crippen molar-refractivity contribution in [3.05, 3.63) is 76.4 Å². The number of fused-ring (bicyclic) bond motifs is 1. The lowest BCUT2D eigenvalue weighted by Gasteiger charge is -2.05. The maximum absolute atomic E-state index is 12.6. The highest BCUT2D eigenvalue weighted by Crippen LogP contribution is 2.31. The second kappa shape index (κ2) is 9.08. The number of ether oxygens (including phenoxy) is 1. The van der Waals surface area contributed by atoms with Gasteiger partial charge in [0.15, 0.2) is 5.16 Å². The minimum Gasteiger partial charge on any atom is -0.494 e. The smallest absolute Gasteiger partial charge is 0.260 e. The van der Waals surface area contributed by atoms with Crippen molar-refractivity contribution in [3.8, 4) is 16.9 Å². The maximum Gasteiger partial charge on any atom is 0.260 e. The van der Waals surface area contributed by atoms with E-state index in [0.717, 1.165) is 40.3 Å². The predicted octanol–water partition coefficient (Wildman–Crippen LogP) is 5.60. The highest BCUT2D eigenvalue weighted by atomic mass is 32.2. The molecule has 0 fully saturated rings. The van der Waals surface area contributed by atoms with Crippen LogP contribution in [0.5, 0.6) is 5.75 Å². The quantitative estimate of drug-likeness (QED) is 0.234. The summed E-state index contributed by atoms with van der Waals surface area (Å²) in [5.41, 5.74) is 1.92. The summed E-state index contributed by atoms with van der Waals surface area (Å²) in [7, 11) is 0. The maximum atomic E-state index is 12.6. The summed E-state index contributed by atoms with van der Waals surface area (Å²) >= 11 is 3.10. The van der Waals surface area contributed by atoms with Crippen molar-refractivity contribution in [1.29, 1.82) is 0 Å². The van der Waals surface area contributed by atoms with E-state index in [9.17, 15) is 4.79 Å². The number of unbranched alkanes of at least 4 members (excludes halogenated alkanes) is 1. The molecule has 0 atom stereocenters. The van der Waals surface area contributed by atoms with Crippen molar-refractivity contribution < 1.29 is 4.74 Å². The molecule has 0 unspecified atom stereocenters. The fourth-order valence-corrected chi connectivity index (χ4v) is 4.78. The number of hydrogen-bond donors (Lipinski definition) is 1. The molecule has 0 aliphatic heterocycles. The van der Waals surface area contributed by atoms with Crippen LogP contribution in [-0.4, -0.2) is 22.3 Å². The molecule has 28 heavy (non-hydrogen) atoms. The van der Waals surface area contributed by atoms with Crippen molar-refractivity contribution >= 4 is 33.3 Å². The van der Waals surface area contributed by atoms with Crippen molar-refractivity contribution in [2.45, 2.75) is 18.0 Å². The van der Waals surface area contributed by atoms with Gasteiger partial charge in [-0.05, 0) is 30.5 Å². The van der Waals surface area contributed by atoms with Crippen LogP contribution in [0, 0.1) is 0 Å². The Morgan fingerprint density at radius 2 is 1.75 bits per heavy atom. The van der Waals surface area contributed by atoms with Crippen LogP contribution in [-0.2, 0) is 0 Å². The number of thiophene rings is 1. The number of rotatable bonds is 8. The number of aromatic amines is 1. The summed E-state index contributed by atoms with van der Waals surface area (Å²) in [6.45, 7) is 0.693. The Labute approximate surface area is 171 Å².